The number of alkyl halides is 2. The minimum Gasteiger partial charge on any atom is -0.481 e. The van der Waals surface area contributed by atoms with Gasteiger partial charge in [0, 0.05) is 39.5 Å². The average Bonchev–Trinajstić information content (AvgIpc) is 3.61. The molecule has 0 spiro atoms. The largest absolute Gasteiger partial charge is 0.481 e. The molecule has 0 saturated heterocycles. The van der Waals surface area contributed by atoms with Gasteiger partial charge in [0.15, 0.2) is 5.76 Å². The van der Waals surface area contributed by atoms with Gasteiger partial charge in [0.1, 0.15) is 11.6 Å². The average molecular weight is 737 g/mol. The molecular formula is C37H52F4N6O3S. The summed E-state index contributed by atoms with van der Waals surface area (Å²) in [5.41, 5.74) is 9.53. The quantitative estimate of drug-likeness (QED) is 0.0496. The minimum absolute atomic E-state index is 0.0731. The van der Waals surface area contributed by atoms with Crippen molar-refractivity contribution in [2.45, 2.75) is 66.8 Å². The molecule has 1 aliphatic heterocycles. The first kappa shape index (κ1) is 46.3. The second-order valence-corrected chi connectivity index (χ2v) is 10.7. The Hall–Kier alpha value is -4.72. The topological polar surface area (TPSA) is 120 Å². The predicted octanol–water partition coefficient (Wildman–Crippen LogP) is 10.3. The number of anilines is 1. The lowest BCUT2D eigenvalue weighted by Gasteiger charge is -2.15. The number of nitrogens with zero attached hydrogens (tertiary/aromatic N) is 3. The van der Waals surface area contributed by atoms with Crippen LogP contribution >= 0.6 is 11.9 Å². The molecule has 2 aliphatic rings. The number of ether oxygens (including phenoxy) is 1. The summed E-state index contributed by atoms with van der Waals surface area (Å²) in [4.78, 5) is 24.6. The molecule has 0 bridgehead atoms. The van der Waals surface area contributed by atoms with E-state index in [1.165, 1.54) is 37.4 Å². The van der Waals surface area contributed by atoms with Crippen molar-refractivity contribution in [2.24, 2.45) is 4.99 Å². The van der Waals surface area contributed by atoms with E-state index in [-0.39, 0.29) is 46.9 Å². The predicted molar refractivity (Wildman–Crippen MR) is 205 cm³/mol. The monoisotopic (exact) mass is 736 g/mol. The van der Waals surface area contributed by atoms with Gasteiger partial charge in [-0.15, -0.1) is 0 Å². The Kier molecular flexibility index (Phi) is 24.6. The third-order valence-corrected chi connectivity index (χ3v) is 7.35. The summed E-state index contributed by atoms with van der Waals surface area (Å²) in [5.74, 6) is 0.518. The Morgan fingerprint density at radius 3 is 2.53 bits per heavy atom. The molecule has 1 aliphatic carbocycles. The number of aromatic amines is 1. The van der Waals surface area contributed by atoms with E-state index >= 15 is 0 Å². The van der Waals surface area contributed by atoms with Crippen LogP contribution in [0.15, 0.2) is 89.3 Å². The van der Waals surface area contributed by atoms with Crippen molar-refractivity contribution in [2.75, 3.05) is 32.4 Å². The number of nitrogens with two attached hydrogens (primary N) is 1. The molecule has 0 amide bonds. The zero-order valence-corrected chi connectivity index (χ0v) is 31.6. The van der Waals surface area contributed by atoms with E-state index in [0.29, 0.717) is 42.2 Å². The van der Waals surface area contributed by atoms with Gasteiger partial charge in [-0.3, -0.25) is 18.5 Å². The van der Waals surface area contributed by atoms with E-state index in [4.69, 9.17) is 10.5 Å². The SMILES string of the molecule is C=C(F)/C=C\CC=CC.CC.CC.CF.COC1=NC=CC(n2ncc(C(=O)c3cc4c([nH]3)C=C(NSCCCF)CC(OF)=C4)c2N)C(C)=C1. The summed E-state index contributed by atoms with van der Waals surface area (Å²) in [6.45, 7) is 14.5. The number of methoxy groups -OCH3 is 1. The normalized spacial score (nSPS) is 14.5. The number of allylic oxidation sites excluding steroid dienone is 7. The molecule has 51 heavy (non-hydrogen) atoms. The zero-order chi connectivity index (χ0) is 38.8. The summed E-state index contributed by atoms with van der Waals surface area (Å²) in [7, 11) is 2.03. The minimum atomic E-state index is -0.409. The van der Waals surface area contributed by atoms with Crippen LogP contribution in [0.4, 0.5) is 23.5 Å². The van der Waals surface area contributed by atoms with Gasteiger partial charge in [0.25, 0.3) is 0 Å². The molecule has 1 unspecified atom stereocenters. The fraction of sp³-hybridized carbons (Fsp3) is 0.378. The number of rotatable bonds is 12. The maximum atomic E-state index is 13.3. The van der Waals surface area contributed by atoms with Gasteiger partial charge in [0.05, 0.1) is 50.9 Å². The van der Waals surface area contributed by atoms with Gasteiger partial charge in [-0.05, 0) is 62.6 Å². The van der Waals surface area contributed by atoms with Crippen molar-refractivity contribution in [1.82, 2.24) is 19.5 Å². The van der Waals surface area contributed by atoms with Crippen molar-refractivity contribution >= 4 is 41.6 Å². The summed E-state index contributed by atoms with van der Waals surface area (Å²) in [6, 6.07) is 1.26. The zero-order valence-electron chi connectivity index (χ0n) is 30.7. The number of H-pyrrole nitrogens is 1. The highest BCUT2D eigenvalue weighted by Gasteiger charge is 2.24. The van der Waals surface area contributed by atoms with Gasteiger partial charge in [-0.25, -0.2) is 14.1 Å². The summed E-state index contributed by atoms with van der Waals surface area (Å²) >= 11 is 1.31. The lowest BCUT2D eigenvalue weighted by molar-refractivity contribution is -0.0835. The van der Waals surface area contributed by atoms with Crippen LogP contribution in [0.2, 0.25) is 0 Å². The number of carbonyl (C=O) groups is 1. The first-order valence-corrected chi connectivity index (χ1v) is 17.4. The van der Waals surface area contributed by atoms with E-state index in [0.717, 1.165) is 12.0 Å². The second kappa shape index (κ2) is 27.1. The fourth-order valence-corrected chi connectivity index (χ4v) is 4.92. The highest BCUT2D eigenvalue weighted by atomic mass is 32.2. The second-order valence-electron chi connectivity index (χ2n) is 9.80. The van der Waals surface area contributed by atoms with Crippen molar-refractivity contribution in [3.63, 3.8) is 0 Å². The number of fused-ring (bicyclic) bond motifs is 1. The standard InChI is InChI=1S/C24H26F2N6O3S.C8H11F.2C2H6.CH3F/c1-14-8-22(34-2)28-6-4-21(14)32-24(27)18(13-29-32)23(33)20-10-15-9-17(35-26)11-16(12-19(15)30-20)31-36-7-3-5-25;1-3-4-5-6-7-8(2)9;3*1-2/h4,6,8-10,12-13,21,30-31H,3,5,7,11,27H2,1-2H3;3-4,6-7H,2,5H2,1H3;2*1-2H3;1H3/b;4-3?,7-6-;;;. The first-order chi connectivity index (χ1) is 24.7. The fourth-order valence-electron chi connectivity index (χ4n) is 4.25. The van der Waals surface area contributed by atoms with Crippen LogP contribution in [0.3, 0.4) is 0 Å². The van der Waals surface area contributed by atoms with Crippen LogP contribution < -0.4 is 10.5 Å². The lowest BCUT2D eigenvalue weighted by Crippen LogP contribution is -2.14. The van der Waals surface area contributed by atoms with E-state index < -0.39 is 6.67 Å². The van der Waals surface area contributed by atoms with Gasteiger partial charge >= 0.3 is 0 Å². The van der Waals surface area contributed by atoms with Gasteiger partial charge in [-0.1, -0.05) is 64.4 Å². The number of aliphatic imine (C=N–C) groups is 1. The molecule has 14 heteroatoms. The Balaban J connectivity index is 0.00000143. The van der Waals surface area contributed by atoms with Gasteiger partial charge in [0.2, 0.25) is 11.7 Å². The van der Waals surface area contributed by atoms with Crippen LogP contribution in [0, 0.1) is 0 Å². The molecule has 4 N–H and O–H groups in total. The van der Waals surface area contributed by atoms with Gasteiger partial charge in [-0.2, -0.15) is 5.10 Å². The molecule has 0 fully saturated rings. The molecule has 0 aromatic carbocycles. The molecule has 3 heterocycles. The number of carbonyl (C=O) groups excluding carboxylic acids is 1. The van der Waals surface area contributed by atoms with Crippen LogP contribution in [-0.4, -0.2) is 53.2 Å². The van der Waals surface area contributed by atoms with E-state index in [1.807, 2.05) is 53.7 Å². The molecular weight excluding hydrogens is 685 g/mol. The van der Waals surface area contributed by atoms with Gasteiger partial charge < -0.3 is 20.2 Å². The first-order valence-electron chi connectivity index (χ1n) is 16.4. The van der Waals surface area contributed by atoms with Crippen molar-refractivity contribution in [3.8, 4) is 0 Å². The molecule has 2 aromatic rings. The Morgan fingerprint density at radius 1 is 1.22 bits per heavy atom. The van der Waals surface area contributed by atoms with Crippen molar-refractivity contribution in [1.29, 1.82) is 0 Å². The maximum absolute atomic E-state index is 13.3. The Labute approximate surface area is 303 Å². The number of aromatic nitrogens is 3. The molecule has 9 nitrogen and oxygen atoms in total. The van der Waals surface area contributed by atoms with Crippen LogP contribution in [-0.2, 0) is 9.68 Å². The molecule has 282 valence electrons. The Morgan fingerprint density at radius 2 is 1.92 bits per heavy atom. The van der Waals surface area contributed by atoms with E-state index in [1.54, 1.807) is 41.3 Å². The van der Waals surface area contributed by atoms with Crippen molar-refractivity contribution < 1.29 is 32.2 Å². The van der Waals surface area contributed by atoms with Crippen molar-refractivity contribution in [3.05, 3.63) is 107 Å². The third kappa shape index (κ3) is 15.4. The number of ketones is 1. The molecule has 0 saturated carbocycles. The molecule has 2 aromatic heterocycles. The number of hydrogen-bond donors (Lipinski definition) is 3. The summed E-state index contributed by atoms with van der Waals surface area (Å²) < 4.78 is 56.6. The number of hydrogen-bond acceptors (Lipinski definition) is 8. The highest BCUT2D eigenvalue weighted by molar-refractivity contribution is 7.97. The number of nitrogens with one attached hydrogen (secondary N) is 2. The molecule has 0 radical (unpaired) electrons. The van der Waals surface area contributed by atoms with E-state index in [9.17, 15) is 22.5 Å². The van der Waals surface area contributed by atoms with Crippen LogP contribution in [0.1, 0.15) is 94.2 Å². The van der Waals surface area contributed by atoms with Crippen LogP contribution in [0.25, 0.3) is 12.2 Å². The van der Waals surface area contributed by atoms with Crippen LogP contribution in [0.5, 0.6) is 0 Å². The maximum Gasteiger partial charge on any atom is 0.214 e. The lowest BCUT2D eigenvalue weighted by atomic mass is 10.1. The molecule has 4 rings (SSSR count). The number of halogens is 4. The van der Waals surface area contributed by atoms with E-state index in [2.05, 4.69) is 31.3 Å². The summed E-state index contributed by atoms with van der Waals surface area (Å²) in [6.07, 6.45) is 18.2. The third-order valence-electron chi connectivity index (χ3n) is 6.45. The summed E-state index contributed by atoms with van der Waals surface area (Å²) in [5, 5.41) is 4.35. The smallest absolute Gasteiger partial charge is 0.214 e. The molecule has 1 atom stereocenters. The Bertz CT molecular complexity index is 1570. The number of nitrogen functional groups attached to an aromatic ring is 1. The highest BCUT2D eigenvalue weighted by Crippen LogP contribution is 2.30.